The summed E-state index contributed by atoms with van der Waals surface area (Å²) in [5.74, 6) is -0.606. The van der Waals surface area contributed by atoms with E-state index in [2.05, 4.69) is 111 Å². The minimum atomic E-state index is -0.382. The Morgan fingerprint density at radius 3 is 1.34 bits per heavy atom. The van der Waals surface area contributed by atoms with Gasteiger partial charge in [0.25, 0.3) is 0 Å². The molecule has 12 rings (SSSR count). The van der Waals surface area contributed by atoms with Crippen molar-refractivity contribution < 1.29 is 8.78 Å². The first-order valence-corrected chi connectivity index (χ1v) is 22.8. The standard InChI is InChI=1S/C63H44F2N2/c1-63(2)57-37-46-35-49(66(47-19-5-3-6-20-47)61-33-28-44(38-59(61)64)53-25-13-17-41-15-9-11-23-51(41)53)30-27-43(46)36-56(57)55-32-31-50(40-58(55)63)67(48-21-7-4-8-22-48)62-34-29-45(39-60(62)65)54-26-14-18-42-16-10-12-24-52(42)54/h3-40H,1-2H3. The summed E-state index contributed by atoms with van der Waals surface area (Å²) in [6, 6.07) is 77.5. The first-order chi connectivity index (χ1) is 32.8. The highest BCUT2D eigenvalue weighted by atomic mass is 19.1. The van der Waals surface area contributed by atoms with Crippen LogP contribution in [0.2, 0.25) is 0 Å². The molecule has 0 aliphatic heterocycles. The number of anilines is 6. The summed E-state index contributed by atoms with van der Waals surface area (Å²) in [5.41, 5.74) is 12.4. The number of hydrogen-bond acceptors (Lipinski definition) is 2. The molecule has 0 spiro atoms. The maximum atomic E-state index is 16.8. The van der Waals surface area contributed by atoms with E-state index in [1.807, 2.05) is 131 Å². The molecule has 0 amide bonds. The van der Waals surface area contributed by atoms with E-state index >= 15 is 8.78 Å². The lowest BCUT2D eigenvalue weighted by Gasteiger charge is -2.28. The first kappa shape index (κ1) is 40.2. The van der Waals surface area contributed by atoms with Gasteiger partial charge in [0, 0.05) is 28.2 Å². The minimum Gasteiger partial charge on any atom is -0.308 e. The van der Waals surface area contributed by atoms with Crippen LogP contribution in [0.15, 0.2) is 231 Å². The average molecular weight is 867 g/mol. The Hall–Kier alpha value is -8.34. The van der Waals surface area contributed by atoms with Gasteiger partial charge in [-0.2, -0.15) is 0 Å². The Bertz CT molecular complexity index is 3700. The van der Waals surface area contributed by atoms with Gasteiger partial charge in [-0.05, 0) is 162 Å². The summed E-state index contributed by atoms with van der Waals surface area (Å²) in [4.78, 5) is 4.03. The van der Waals surface area contributed by atoms with Crippen molar-refractivity contribution in [3.05, 3.63) is 253 Å². The molecule has 0 fully saturated rings. The normalized spacial score (nSPS) is 12.6. The van der Waals surface area contributed by atoms with E-state index in [1.54, 1.807) is 12.1 Å². The van der Waals surface area contributed by atoms with E-state index in [0.29, 0.717) is 11.4 Å². The first-order valence-electron chi connectivity index (χ1n) is 22.8. The lowest BCUT2D eigenvalue weighted by atomic mass is 9.81. The molecule has 67 heavy (non-hydrogen) atoms. The van der Waals surface area contributed by atoms with Crippen LogP contribution >= 0.6 is 0 Å². The van der Waals surface area contributed by atoms with Crippen LogP contribution in [0.1, 0.15) is 25.0 Å². The zero-order chi connectivity index (χ0) is 45.2. The van der Waals surface area contributed by atoms with Gasteiger partial charge < -0.3 is 9.80 Å². The molecule has 0 N–H and O–H groups in total. The Balaban J connectivity index is 0.923. The third-order valence-electron chi connectivity index (χ3n) is 13.7. The van der Waals surface area contributed by atoms with Gasteiger partial charge in [-0.25, -0.2) is 8.78 Å². The van der Waals surface area contributed by atoms with Crippen LogP contribution in [0.3, 0.4) is 0 Å². The van der Waals surface area contributed by atoms with Gasteiger partial charge in [0.15, 0.2) is 0 Å². The molecule has 4 heteroatoms. The molecule has 0 atom stereocenters. The molecular formula is C63H44F2N2. The van der Waals surface area contributed by atoms with Crippen LogP contribution in [0.4, 0.5) is 42.9 Å². The minimum absolute atomic E-state index is 0.301. The molecule has 0 saturated carbocycles. The number of halogens is 2. The van der Waals surface area contributed by atoms with Gasteiger partial charge in [0.2, 0.25) is 0 Å². The van der Waals surface area contributed by atoms with Crippen LogP contribution in [-0.2, 0) is 5.41 Å². The molecule has 0 bridgehead atoms. The van der Waals surface area contributed by atoms with E-state index in [1.165, 1.54) is 16.7 Å². The summed E-state index contributed by atoms with van der Waals surface area (Å²) in [6.07, 6.45) is 0. The highest BCUT2D eigenvalue weighted by Gasteiger charge is 2.37. The molecule has 11 aromatic rings. The smallest absolute Gasteiger partial charge is 0.147 e. The van der Waals surface area contributed by atoms with Gasteiger partial charge in [-0.3, -0.25) is 0 Å². The topological polar surface area (TPSA) is 6.48 Å². The second-order valence-electron chi connectivity index (χ2n) is 18.0. The van der Waals surface area contributed by atoms with Crippen LogP contribution in [0.25, 0.3) is 65.7 Å². The molecule has 0 radical (unpaired) electrons. The Morgan fingerprint density at radius 2 is 0.791 bits per heavy atom. The summed E-state index contributed by atoms with van der Waals surface area (Å²) in [6.45, 7) is 4.54. The van der Waals surface area contributed by atoms with Crippen LogP contribution in [0, 0.1) is 11.6 Å². The fraction of sp³-hybridized carbons (Fsp3) is 0.0476. The van der Waals surface area contributed by atoms with Crippen molar-refractivity contribution in [2.75, 3.05) is 9.80 Å². The SMILES string of the molecule is CC1(C)c2cc(N(c3ccccc3)c3ccc(-c4cccc5ccccc45)cc3F)ccc2-c2cc3ccc(N(c4ccccc4)c4ccc(-c5cccc6ccccc56)cc4F)cc3cc21. The molecule has 320 valence electrons. The second kappa shape index (κ2) is 16.0. The molecule has 0 aromatic heterocycles. The van der Waals surface area contributed by atoms with Gasteiger partial charge >= 0.3 is 0 Å². The maximum Gasteiger partial charge on any atom is 0.147 e. The van der Waals surface area contributed by atoms with Crippen molar-refractivity contribution >= 4 is 66.4 Å². The second-order valence-corrected chi connectivity index (χ2v) is 18.0. The molecular weight excluding hydrogens is 823 g/mol. The Kier molecular flexibility index (Phi) is 9.58. The average Bonchev–Trinajstić information content (AvgIpc) is 3.58. The van der Waals surface area contributed by atoms with E-state index in [-0.39, 0.29) is 17.0 Å². The number of para-hydroxylation sites is 2. The zero-order valence-corrected chi connectivity index (χ0v) is 37.1. The summed E-state index contributed by atoms with van der Waals surface area (Å²) >= 11 is 0. The monoisotopic (exact) mass is 866 g/mol. The molecule has 2 nitrogen and oxygen atoms in total. The van der Waals surface area contributed by atoms with Crippen molar-refractivity contribution in [1.29, 1.82) is 0 Å². The van der Waals surface area contributed by atoms with Crippen LogP contribution in [-0.4, -0.2) is 0 Å². The quantitative estimate of drug-likeness (QED) is 0.150. The number of nitrogens with zero attached hydrogens (tertiary/aromatic N) is 2. The highest BCUT2D eigenvalue weighted by molar-refractivity contribution is 6.00. The van der Waals surface area contributed by atoms with Gasteiger partial charge in [0.1, 0.15) is 11.6 Å². The summed E-state index contributed by atoms with van der Waals surface area (Å²) < 4.78 is 33.5. The van der Waals surface area contributed by atoms with Gasteiger partial charge in [-0.15, -0.1) is 0 Å². The summed E-state index contributed by atoms with van der Waals surface area (Å²) in [5, 5.41) is 6.57. The van der Waals surface area contributed by atoms with Crippen LogP contribution < -0.4 is 9.80 Å². The van der Waals surface area contributed by atoms with Crippen molar-refractivity contribution in [3.63, 3.8) is 0 Å². The predicted octanol–water partition coefficient (Wildman–Crippen LogP) is 18.0. The number of benzene rings is 11. The Labute approximate surface area is 389 Å². The van der Waals surface area contributed by atoms with E-state index in [4.69, 9.17) is 0 Å². The summed E-state index contributed by atoms with van der Waals surface area (Å²) in [7, 11) is 0. The van der Waals surface area contributed by atoms with Crippen molar-refractivity contribution in [2.24, 2.45) is 0 Å². The fourth-order valence-electron chi connectivity index (χ4n) is 10.4. The molecule has 1 aliphatic carbocycles. The molecule has 0 heterocycles. The zero-order valence-electron chi connectivity index (χ0n) is 37.1. The van der Waals surface area contributed by atoms with Crippen molar-refractivity contribution in [1.82, 2.24) is 0 Å². The van der Waals surface area contributed by atoms with Crippen molar-refractivity contribution in [2.45, 2.75) is 19.3 Å². The lowest BCUT2D eigenvalue weighted by molar-refractivity contribution is 0.629. The van der Waals surface area contributed by atoms with Gasteiger partial charge in [0.05, 0.1) is 11.4 Å². The molecule has 0 unspecified atom stereocenters. The molecule has 11 aromatic carbocycles. The number of fused-ring (bicyclic) bond motifs is 6. The van der Waals surface area contributed by atoms with Crippen LogP contribution in [0.5, 0.6) is 0 Å². The predicted molar refractivity (Wildman–Crippen MR) is 277 cm³/mol. The molecule has 1 aliphatic rings. The third kappa shape index (κ3) is 6.84. The van der Waals surface area contributed by atoms with E-state index in [9.17, 15) is 0 Å². The van der Waals surface area contributed by atoms with E-state index in [0.717, 1.165) is 82.9 Å². The molecule has 0 saturated heterocycles. The lowest BCUT2D eigenvalue weighted by Crippen LogP contribution is -2.17. The highest BCUT2D eigenvalue weighted by Crippen LogP contribution is 2.52. The largest absolute Gasteiger partial charge is 0.308 e. The maximum absolute atomic E-state index is 16.8. The number of rotatable bonds is 8. The fourth-order valence-corrected chi connectivity index (χ4v) is 10.4. The third-order valence-corrected chi connectivity index (χ3v) is 13.7. The number of hydrogen-bond donors (Lipinski definition) is 0. The van der Waals surface area contributed by atoms with E-state index < -0.39 is 0 Å². The van der Waals surface area contributed by atoms with Crippen molar-refractivity contribution in [3.8, 4) is 33.4 Å². The van der Waals surface area contributed by atoms with Gasteiger partial charge in [-0.1, -0.05) is 159 Å². The Morgan fingerprint density at radius 1 is 0.313 bits per heavy atom.